The number of nitro groups is 1. The molecule has 1 aromatic rings. The summed E-state index contributed by atoms with van der Waals surface area (Å²) < 4.78 is 13.8. The molecule has 0 amide bonds. The predicted molar refractivity (Wildman–Crippen MR) is 66.3 cm³/mol. The van der Waals surface area contributed by atoms with Gasteiger partial charge in [-0.15, -0.1) is 11.6 Å². The maximum absolute atomic E-state index is 13.8. The van der Waals surface area contributed by atoms with E-state index in [1.54, 1.807) is 0 Å². The third-order valence-corrected chi connectivity index (χ3v) is 2.97. The Labute approximate surface area is 109 Å². The van der Waals surface area contributed by atoms with Crippen LogP contribution < -0.4 is 0 Å². The maximum atomic E-state index is 13.8. The lowest BCUT2D eigenvalue weighted by Crippen LogP contribution is -2.15. The van der Waals surface area contributed by atoms with Gasteiger partial charge in [0.25, 0.3) is 0 Å². The average molecular weight is 274 g/mol. The lowest BCUT2D eigenvalue weighted by atomic mass is 9.93. The molecule has 0 aliphatic carbocycles. The topological polar surface area (TPSA) is 60.2 Å². The summed E-state index contributed by atoms with van der Waals surface area (Å²) >= 11 is 5.57. The minimum absolute atomic E-state index is 0.0958. The number of halogens is 2. The van der Waals surface area contributed by atoms with Crippen molar-refractivity contribution in [3.8, 4) is 0 Å². The van der Waals surface area contributed by atoms with Gasteiger partial charge in [-0.1, -0.05) is 12.1 Å². The Morgan fingerprint density at radius 3 is 2.72 bits per heavy atom. The van der Waals surface area contributed by atoms with E-state index in [4.69, 9.17) is 11.6 Å². The molecule has 0 bridgehead atoms. The number of benzene rings is 1. The van der Waals surface area contributed by atoms with E-state index in [-0.39, 0.29) is 17.8 Å². The Morgan fingerprint density at radius 2 is 2.22 bits per heavy atom. The predicted octanol–water partition coefficient (Wildman–Crippen LogP) is 3.11. The third-order valence-electron chi connectivity index (χ3n) is 2.75. The van der Waals surface area contributed by atoms with E-state index in [9.17, 15) is 19.3 Å². The van der Waals surface area contributed by atoms with E-state index in [0.29, 0.717) is 12.3 Å². The molecular weight excluding hydrogens is 261 g/mol. The quantitative estimate of drug-likeness (QED) is 0.454. The molecule has 4 nitrogen and oxygen atoms in total. The number of carbonyl (C=O) groups is 1. The molecule has 0 N–H and O–H groups in total. The highest BCUT2D eigenvalue weighted by molar-refractivity contribution is 6.18. The monoisotopic (exact) mass is 273 g/mol. The Bertz CT molecular complexity index is 465. The standard InChI is InChI=1S/C12H13ClFNO3/c1-8(16)9(5-6-13)7-10-3-2-4-11(12(10)14)15(17)18/h2-4,9H,5-7H2,1H3. The molecular formula is C12H13ClFNO3. The van der Waals surface area contributed by atoms with E-state index in [1.165, 1.54) is 19.1 Å². The molecule has 0 heterocycles. The lowest BCUT2D eigenvalue weighted by molar-refractivity contribution is -0.387. The van der Waals surface area contributed by atoms with Crippen molar-refractivity contribution < 1.29 is 14.1 Å². The summed E-state index contributed by atoms with van der Waals surface area (Å²) in [6.07, 6.45) is 0.564. The Hall–Kier alpha value is -1.49. The van der Waals surface area contributed by atoms with E-state index >= 15 is 0 Å². The highest BCUT2D eigenvalue weighted by Crippen LogP contribution is 2.23. The third kappa shape index (κ3) is 3.50. The summed E-state index contributed by atoms with van der Waals surface area (Å²) in [6.45, 7) is 1.41. The molecule has 0 aliphatic heterocycles. The number of hydrogen-bond donors (Lipinski definition) is 0. The second kappa shape index (κ2) is 6.44. The second-order valence-corrected chi connectivity index (χ2v) is 4.37. The highest BCUT2D eigenvalue weighted by atomic mass is 35.5. The van der Waals surface area contributed by atoms with Crippen molar-refractivity contribution in [2.75, 3.05) is 5.88 Å². The molecule has 6 heteroatoms. The molecule has 98 valence electrons. The van der Waals surface area contributed by atoms with Gasteiger partial charge in [0, 0.05) is 17.9 Å². The van der Waals surface area contributed by atoms with Crippen molar-refractivity contribution in [2.45, 2.75) is 19.8 Å². The normalized spacial score (nSPS) is 12.2. The van der Waals surface area contributed by atoms with Crippen LogP contribution in [0.3, 0.4) is 0 Å². The Morgan fingerprint density at radius 1 is 1.56 bits per heavy atom. The first-order valence-electron chi connectivity index (χ1n) is 5.45. The molecule has 1 aromatic carbocycles. The number of nitro benzene ring substituents is 1. The molecule has 0 aliphatic rings. The van der Waals surface area contributed by atoms with Gasteiger partial charge in [-0.2, -0.15) is 4.39 Å². The van der Waals surface area contributed by atoms with Gasteiger partial charge in [-0.05, 0) is 25.3 Å². The minimum Gasteiger partial charge on any atom is -0.300 e. The van der Waals surface area contributed by atoms with Crippen LogP contribution in [0.15, 0.2) is 18.2 Å². The first kappa shape index (κ1) is 14.6. The van der Waals surface area contributed by atoms with Crippen LogP contribution in [0.4, 0.5) is 10.1 Å². The van der Waals surface area contributed by atoms with Crippen LogP contribution in [0.2, 0.25) is 0 Å². The van der Waals surface area contributed by atoms with Crippen LogP contribution in [0, 0.1) is 21.8 Å². The SMILES string of the molecule is CC(=O)C(CCCl)Cc1cccc([N+](=O)[O-])c1F. The second-order valence-electron chi connectivity index (χ2n) is 4.00. The zero-order chi connectivity index (χ0) is 13.7. The summed E-state index contributed by atoms with van der Waals surface area (Å²) in [4.78, 5) is 21.2. The molecule has 1 rings (SSSR count). The van der Waals surface area contributed by atoms with Crippen molar-refractivity contribution in [2.24, 2.45) is 5.92 Å². The molecule has 0 radical (unpaired) electrons. The molecule has 0 fully saturated rings. The summed E-state index contributed by atoms with van der Waals surface area (Å²) in [5, 5.41) is 10.6. The van der Waals surface area contributed by atoms with Crippen LogP contribution in [-0.2, 0) is 11.2 Å². The summed E-state index contributed by atoms with van der Waals surface area (Å²) in [5.74, 6) is -1.08. The number of rotatable bonds is 6. The van der Waals surface area contributed by atoms with Crippen LogP contribution >= 0.6 is 11.6 Å². The van der Waals surface area contributed by atoms with Gasteiger partial charge in [0.2, 0.25) is 5.82 Å². The molecule has 18 heavy (non-hydrogen) atoms. The largest absolute Gasteiger partial charge is 0.305 e. The first-order valence-corrected chi connectivity index (χ1v) is 5.99. The Balaban J connectivity index is 2.99. The van der Waals surface area contributed by atoms with E-state index in [2.05, 4.69) is 0 Å². The van der Waals surface area contributed by atoms with E-state index in [0.717, 1.165) is 6.07 Å². The van der Waals surface area contributed by atoms with Crippen LogP contribution in [0.1, 0.15) is 18.9 Å². The van der Waals surface area contributed by atoms with Crippen molar-refractivity contribution in [3.05, 3.63) is 39.7 Å². The summed E-state index contributed by atoms with van der Waals surface area (Å²) in [6, 6.07) is 3.96. The van der Waals surface area contributed by atoms with Gasteiger partial charge in [0.15, 0.2) is 0 Å². The fourth-order valence-electron chi connectivity index (χ4n) is 1.71. The molecule has 1 unspecified atom stereocenters. The Kier molecular flexibility index (Phi) is 5.22. The van der Waals surface area contributed by atoms with Crippen molar-refractivity contribution in [1.82, 2.24) is 0 Å². The fraction of sp³-hybridized carbons (Fsp3) is 0.417. The number of nitrogens with zero attached hydrogens (tertiary/aromatic N) is 1. The van der Waals surface area contributed by atoms with Gasteiger partial charge in [0.05, 0.1) is 4.92 Å². The summed E-state index contributed by atoms with van der Waals surface area (Å²) in [5.41, 5.74) is -0.393. The lowest BCUT2D eigenvalue weighted by Gasteiger charge is -2.12. The molecule has 0 saturated carbocycles. The van der Waals surface area contributed by atoms with E-state index in [1.807, 2.05) is 0 Å². The van der Waals surface area contributed by atoms with Crippen molar-refractivity contribution in [3.63, 3.8) is 0 Å². The number of carbonyl (C=O) groups excluding carboxylic acids is 1. The first-order chi connectivity index (χ1) is 8.47. The summed E-state index contributed by atoms with van der Waals surface area (Å²) in [7, 11) is 0. The van der Waals surface area contributed by atoms with Gasteiger partial charge < -0.3 is 0 Å². The molecule has 1 atom stereocenters. The minimum atomic E-state index is -0.872. The van der Waals surface area contributed by atoms with Crippen LogP contribution in [0.25, 0.3) is 0 Å². The molecule has 0 spiro atoms. The van der Waals surface area contributed by atoms with E-state index < -0.39 is 22.3 Å². The zero-order valence-electron chi connectivity index (χ0n) is 9.86. The zero-order valence-corrected chi connectivity index (χ0v) is 10.6. The average Bonchev–Trinajstić information content (AvgIpc) is 2.30. The van der Waals surface area contributed by atoms with Gasteiger partial charge in [-0.3, -0.25) is 14.9 Å². The van der Waals surface area contributed by atoms with Crippen LogP contribution in [0.5, 0.6) is 0 Å². The fourth-order valence-corrected chi connectivity index (χ4v) is 1.97. The smallest absolute Gasteiger partial charge is 0.300 e. The number of hydrogen-bond acceptors (Lipinski definition) is 3. The highest BCUT2D eigenvalue weighted by Gasteiger charge is 2.21. The molecule has 0 aromatic heterocycles. The van der Waals surface area contributed by atoms with Gasteiger partial charge in [-0.25, -0.2) is 0 Å². The van der Waals surface area contributed by atoms with Gasteiger partial charge >= 0.3 is 5.69 Å². The number of Topliss-reactive ketones (excluding diaryl/α,β-unsaturated/α-hetero) is 1. The van der Waals surface area contributed by atoms with Gasteiger partial charge in [0.1, 0.15) is 5.78 Å². The van der Waals surface area contributed by atoms with Crippen molar-refractivity contribution >= 4 is 23.1 Å². The van der Waals surface area contributed by atoms with Crippen LogP contribution in [-0.4, -0.2) is 16.6 Å². The number of alkyl halides is 1. The maximum Gasteiger partial charge on any atom is 0.305 e. The molecule has 0 saturated heterocycles. The van der Waals surface area contributed by atoms with Crippen molar-refractivity contribution in [1.29, 1.82) is 0 Å². The number of ketones is 1.